The Hall–Kier alpha value is -1.86. The first-order chi connectivity index (χ1) is 12.0. The highest BCUT2D eigenvalue weighted by atomic mass is 35.5. The Kier molecular flexibility index (Phi) is 5.44. The summed E-state index contributed by atoms with van der Waals surface area (Å²) in [5.41, 5.74) is -0.713. The van der Waals surface area contributed by atoms with E-state index in [1.807, 2.05) is 0 Å². The lowest BCUT2D eigenvalue weighted by Crippen LogP contribution is -2.46. The van der Waals surface area contributed by atoms with E-state index in [1.54, 1.807) is 0 Å². The molecule has 1 saturated carbocycles. The van der Waals surface area contributed by atoms with Crippen LogP contribution in [0.15, 0.2) is 12.3 Å². The molecule has 1 aromatic heterocycles. The van der Waals surface area contributed by atoms with Gasteiger partial charge >= 0.3 is 5.97 Å². The molecule has 2 heterocycles. The summed E-state index contributed by atoms with van der Waals surface area (Å²) < 4.78 is 10.8. The van der Waals surface area contributed by atoms with E-state index in [-0.39, 0.29) is 17.1 Å². The topological polar surface area (TPSA) is 97.8 Å². The molecule has 25 heavy (non-hydrogen) atoms. The number of aromatic nitrogens is 1. The van der Waals surface area contributed by atoms with Gasteiger partial charge in [0, 0.05) is 26.0 Å². The summed E-state index contributed by atoms with van der Waals surface area (Å²) >= 11 is 6.13. The van der Waals surface area contributed by atoms with Gasteiger partial charge in [-0.25, -0.2) is 4.98 Å². The van der Waals surface area contributed by atoms with Crippen LogP contribution in [0.3, 0.4) is 0 Å². The van der Waals surface area contributed by atoms with Gasteiger partial charge in [-0.3, -0.25) is 9.59 Å². The maximum Gasteiger partial charge on any atom is 0.311 e. The number of carbonyl (C=O) groups is 2. The number of pyridine rings is 1. The number of aliphatic carboxylic acids is 1. The normalized spacial score (nSPS) is 19.2. The van der Waals surface area contributed by atoms with Crippen molar-refractivity contribution in [3.8, 4) is 5.88 Å². The third-order valence-corrected chi connectivity index (χ3v) is 4.98. The van der Waals surface area contributed by atoms with Gasteiger partial charge in [0.25, 0.3) is 5.91 Å². The van der Waals surface area contributed by atoms with Crippen LogP contribution in [0.1, 0.15) is 36.0 Å². The number of carboxylic acids is 1. The molecule has 0 radical (unpaired) electrons. The molecule has 3 rings (SSSR count). The highest BCUT2D eigenvalue weighted by Crippen LogP contribution is 2.32. The zero-order valence-corrected chi connectivity index (χ0v) is 14.6. The zero-order chi connectivity index (χ0) is 17.9. The van der Waals surface area contributed by atoms with E-state index in [1.165, 1.54) is 12.3 Å². The average Bonchev–Trinajstić information content (AvgIpc) is 3.43. The maximum absolute atomic E-state index is 12.3. The molecule has 8 heteroatoms. The predicted octanol–water partition coefficient (Wildman–Crippen LogP) is 2.13. The van der Waals surface area contributed by atoms with E-state index in [9.17, 15) is 14.7 Å². The van der Waals surface area contributed by atoms with Gasteiger partial charge in [-0.05, 0) is 37.7 Å². The van der Waals surface area contributed by atoms with Gasteiger partial charge in [-0.2, -0.15) is 0 Å². The van der Waals surface area contributed by atoms with Crippen molar-refractivity contribution < 1.29 is 24.2 Å². The molecule has 0 atom stereocenters. The van der Waals surface area contributed by atoms with E-state index in [0.29, 0.717) is 44.5 Å². The van der Waals surface area contributed by atoms with E-state index < -0.39 is 17.3 Å². The van der Waals surface area contributed by atoms with Gasteiger partial charge < -0.3 is 19.9 Å². The first kappa shape index (κ1) is 17.9. The number of nitrogens with zero attached hydrogens (tertiary/aromatic N) is 1. The van der Waals surface area contributed by atoms with Gasteiger partial charge in [0.1, 0.15) is 5.02 Å². The van der Waals surface area contributed by atoms with E-state index in [4.69, 9.17) is 21.1 Å². The molecule has 1 amide bonds. The molecular weight excluding hydrogens is 348 g/mol. The lowest BCUT2D eigenvalue weighted by Gasteiger charge is -2.33. The van der Waals surface area contributed by atoms with E-state index in [0.717, 1.165) is 12.8 Å². The molecule has 1 aliphatic carbocycles. The van der Waals surface area contributed by atoms with Crippen LogP contribution in [-0.2, 0) is 9.53 Å². The number of halogens is 1. The summed E-state index contributed by atoms with van der Waals surface area (Å²) in [5.74, 6) is -0.435. The van der Waals surface area contributed by atoms with E-state index >= 15 is 0 Å². The Balaban J connectivity index is 1.60. The third-order valence-electron chi connectivity index (χ3n) is 4.71. The first-order valence-electron chi connectivity index (χ1n) is 8.38. The lowest BCUT2D eigenvalue weighted by molar-refractivity contribution is -0.154. The summed E-state index contributed by atoms with van der Waals surface area (Å²) in [6.07, 6.45) is 4.45. The number of amides is 1. The van der Waals surface area contributed by atoms with Gasteiger partial charge in [-0.1, -0.05) is 11.6 Å². The van der Waals surface area contributed by atoms with Crippen molar-refractivity contribution in [3.05, 3.63) is 22.8 Å². The molecule has 0 aromatic carbocycles. The molecule has 136 valence electrons. The molecule has 2 N–H and O–H groups in total. The second kappa shape index (κ2) is 7.58. The Bertz CT molecular complexity index is 656. The van der Waals surface area contributed by atoms with Gasteiger partial charge in [0.15, 0.2) is 0 Å². The van der Waals surface area contributed by atoms with Crippen LogP contribution < -0.4 is 10.1 Å². The minimum Gasteiger partial charge on any atom is -0.481 e. The minimum atomic E-state index is -0.988. The molecular formula is C17H21ClN2O5. The molecule has 1 aromatic rings. The zero-order valence-electron chi connectivity index (χ0n) is 13.8. The number of hydrogen-bond donors (Lipinski definition) is 2. The summed E-state index contributed by atoms with van der Waals surface area (Å²) in [6.45, 7) is 1.38. The summed E-state index contributed by atoms with van der Waals surface area (Å²) in [7, 11) is 0. The SMILES string of the molecule is O=C(NCC1(C(=O)O)CCOCC1)c1cnc(OCC2CC2)c(Cl)c1. The number of rotatable bonds is 7. The fourth-order valence-electron chi connectivity index (χ4n) is 2.72. The van der Waals surface area contributed by atoms with Gasteiger partial charge in [0.2, 0.25) is 5.88 Å². The molecule has 7 nitrogen and oxygen atoms in total. The number of carboxylic acid groups (broad SMARTS) is 1. The van der Waals surface area contributed by atoms with Crippen LogP contribution >= 0.6 is 11.6 Å². The van der Waals surface area contributed by atoms with E-state index in [2.05, 4.69) is 10.3 Å². The Morgan fingerprint density at radius 1 is 1.40 bits per heavy atom. The van der Waals surface area contributed by atoms with Crippen molar-refractivity contribution >= 4 is 23.5 Å². The summed E-state index contributed by atoms with van der Waals surface area (Å²) in [5, 5.41) is 12.5. The molecule has 1 saturated heterocycles. The molecule has 1 aliphatic heterocycles. The predicted molar refractivity (Wildman–Crippen MR) is 89.9 cm³/mol. The molecule has 0 spiro atoms. The van der Waals surface area contributed by atoms with Crippen LogP contribution in [0.5, 0.6) is 5.88 Å². The molecule has 0 unspecified atom stereocenters. The second-order valence-electron chi connectivity index (χ2n) is 6.65. The van der Waals surface area contributed by atoms with Gasteiger partial charge in [-0.15, -0.1) is 0 Å². The smallest absolute Gasteiger partial charge is 0.311 e. The van der Waals surface area contributed by atoms with Crippen LogP contribution in [0.2, 0.25) is 5.02 Å². The molecule has 2 aliphatic rings. The Morgan fingerprint density at radius 2 is 2.12 bits per heavy atom. The van der Waals surface area contributed by atoms with Crippen molar-refractivity contribution in [1.29, 1.82) is 0 Å². The van der Waals surface area contributed by atoms with Crippen molar-refractivity contribution in [2.75, 3.05) is 26.4 Å². The molecule has 0 bridgehead atoms. The van der Waals surface area contributed by atoms with Crippen molar-refractivity contribution in [2.45, 2.75) is 25.7 Å². The Morgan fingerprint density at radius 3 is 2.72 bits per heavy atom. The van der Waals surface area contributed by atoms with Crippen molar-refractivity contribution in [2.24, 2.45) is 11.3 Å². The van der Waals surface area contributed by atoms with Crippen molar-refractivity contribution in [3.63, 3.8) is 0 Å². The number of hydrogen-bond acceptors (Lipinski definition) is 5. The third kappa shape index (κ3) is 4.41. The van der Waals surface area contributed by atoms with Gasteiger partial charge in [0.05, 0.1) is 17.6 Å². The fourth-order valence-corrected chi connectivity index (χ4v) is 2.94. The molecule has 2 fully saturated rings. The number of carbonyl (C=O) groups excluding carboxylic acids is 1. The summed E-state index contributed by atoms with van der Waals surface area (Å²) in [4.78, 5) is 28.0. The maximum atomic E-state index is 12.3. The quantitative estimate of drug-likeness (QED) is 0.765. The number of ether oxygens (including phenoxy) is 2. The first-order valence-corrected chi connectivity index (χ1v) is 8.76. The van der Waals surface area contributed by atoms with Crippen LogP contribution in [0.4, 0.5) is 0 Å². The Labute approximate surface area is 150 Å². The van der Waals surface area contributed by atoms with Crippen molar-refractivity contribution in [1.82, 2.24) is 10.3 Å². The van der Waals surface area contributed by atoms with Crippen LogP contribution in [0, 0.1) is 11.3 Å². The minimum absolute atomic E-state index is 0.0437. The largest absolute Gasteiger partial charge is 0.481 e. The monoisotopic (exact) mass is 368 g/mol. The average molecular weight is 369 g/mol. The standard InChI is InChI=1S/C17H21ClN2O5/c18-13-7-12(8-19-15(13)25-9-11-1-2-11)14(21)20-10-17(16(22)23)3-5-24-6-4-17/h7-8,11H,1-6,9-10H2,(H,20,21)(H,22,23). The fraction of sp³-hybridized carbons (Fsp3) is 0.588. The lowest BCUT2D eigenvalue weighted by atomic mass is 9.80. The second-order valence-corrected chi connectivity index (χ2v) is 7.05. The summed E-state index contributed by atoms with van der Waals surface area (Å²) in [6, 6.07) is 1.49. The highest BCUT2D eigenvalue weighted by molar-refractivity contribution is 6.32. The van der Waals surface area contributed by atoms with Crippen LogP contribution in [-0.4, -0.2) is 48.3 Å². The van der Waals surface area contributed by atoms with Crippen LogP contribution in [0.25, 0.3) is 0 Å². The highest BCUT2D eigenvalue weighted by Gasteiger charge is 2.40. The number of nitrogens with one attached hydrogen (secondary N) is 1.